The van der Waals surface area contributed by atoms with Gasteiger partial charge in [0, 0.05) is 0 Å². The molecular weight excluding hydrogens is 134 g/mol. The standard InChI is InChI=1S/C10H19N/c1-2-4-10-6-8-11-7-5-9(10)3-1/h9-11H,1-8H2. The fraction of sp³-hybridized carbons (Fsp3) is 1.00. The van der Waals surface area contributed by atoms with Gasteiger partial charge in [-0.2, -0.15) is 0 Å². The van der Waals surface area contributed by atoms with Crippen molar-refractivity contribution in [3.63, 3.8) is 0 Å². The van der Waals surface area contributed by atoms with Crippen LogP contribution in [0.15, 0.2) is 0 Å². The van der Waals surface area contributed by atoms with Crippen LogP contribution in [0.3, 0.4) is 0 Å². The zero-order valence-electron chi connectivity index (χ0n) is 7.31. The maximum atomic E-state index is 3.50. The summed E-state index contributed by atoms with van der Waals surface area (Å²) in [7, 11) is 0. The molecule has 1 nitrogen and oxygen atoms in total. The van der Waals surface area contributed by atoms with Crippen LogP contribution in [0.2, 0.25) is 0 Å². The third kappa shape index (κ3) is 1.76. The molecule has 1 saturated carbocycles. The van der Waals surface area contributed by atoms with E-state index in [1.807, 2.05) is 0 Å². The molecule has 0 aromatic carbocycles. The third-order valence-corrected chi connectivity index (χ3v) is 3.45. The second-order valence-corrected chi connectivity index (χ2v) is 4.13. The molecule has 0 radical (unpaired) electrons. The van der Waals surface area contributed by atoms with E-state index in [1.54, 1.807) is 0 Å². The number of rotatable bonds is 0. The lowest BCUT2D eigenvalue weighted by Gasteiger charge is -2.29. The summed E-state index contributed by atoms with van der Waals surface area (Å²) in [6.07, 6.45) is 8.94. The Morgan fingerprint density at radius 2 is 1.27 bits per heavy atom. The molecule has 1 saturated heterocycles. The zero-order chi connectivity index (χ0) is 7.52. The maximum Gasteiger partial charge on any atom is -0.00462 e. The molecule has 0 aromatic heterocycles. The predicted octanol–water partition coefficient (Wildman–Crippen LogP) is 2.18. The molecule has 1 aliphatic heterocycles. The first-order valence-electron chi connectivity index (χ1n) is 5.17. The van der Waals surface area contributed by atoms with Crippen LogP contribution in [0.4, 0.5) is 0 Å². The fourth-order valence-electron chi connectivity index (χ4n) is 2.74. The van der Waals surface area contributed by atoms with Gasteiger partial charge >= 0.3 is 0 Å². The Morgan fingerprint density at radius 1 is 0.727 bits per heavy atom. The largest absolute Gasteiger partial charge is 0.317 e. The average Bonchev–Trinajstić information content (AvgIpc) is 2.28. The van der Waals surface area contributed by atoms with E-state index in [-0.39, 0.29) is 0 Å². The van der Waals surface area contributed by atoms with Crippen molar-refractivity contribution in [3.05, 3.63) is 0 Å². The zero-order valence-corrected chi connectivity index (χ0v) is 7.31. The minimum atomic E-state index is 1.08. The second kappa shape index (κ2) is 3.57. The van der Waals surface area contributed by atoms with Gasteiger partial charge in [0.2, 0.25) is 0 Å². The van der Waals surface area contributed by atoms with Crippen molar-refractivity contribution in [2.75, 3.05) is 13.1 Å². The van der Waals surface area contributed by atoms with Crippen molar-refractivity contribution in [1.29, 1.82) is 0 Å². The maximum absolute atomic E-state index is 3.50. The quantitative estimate of drug-likeness (QED) is 0.562. The van der Waals surface area contributed by atoms with Crippen LogP contribution in [-0.4, -0.2) is 13.1 Å². The van der Waals surface area contributed by atoms with Crippen LogP contribution < -0.4 is 5.32 Å². The first kappa shape index (κ1) is 7.60. The molecule has 0 aromatic rings. The Balaban J connectivity index is 1.93. The van der Waals surface area contributed by atoms with Crippen molar-refractivity contribution in [2.45, 2.75) is 38.5 Å². The normalized spacial score (nSPS) is 39.3. The van der Waals surface area contributed by atoms with Gasteiger partial charge in [0.1, 0.15) is 0 Å². The molecular formula is C10H19N. The molecule has 2 fully saturated rings. The molecule has 64 valence electrons. The van der Waals surface area contributed by atoms with Gasteiger partial charge in [-0.15, -0.1) is 0 Å². The van der Waals surface area contributed by atoms with Crippen LogP contribution in [0.5, 0.6) is 0 Å². The van der Waals surface area contributed by atoms with Gasteiger partial charge in [0.25, 0.3) is 0 Å². The van der Waals surface area contributed by atoms with Gasteiger partial charge in [-0.05, 0) is 37.8 Å². The highest BCUT2D eigenvalue weighted by Crippen LogP contribution is 2.34. The molecule has 0 amide bonds. The van der Waals surface area contributed by atoms with E-state index in [4.69, 9.17) is 0 Å². The third-order valence-electron chi connectivity index (χ3n) is 3.45. The van der Waals surface area contributed by atoms with Crippen molar-refractivity contribution in [3.8, 4) is 0 Å². The summed E-state index contributed by atoms with van der Waals surface area (Å²) in [4.78, 5) is 0. The fourth-order valence-corrected chi connectivity index (χ4v) is 2.74. The highest BCUT2D eigenvalue weighted by molar-refractivity contribution is 4.79. The molecule has 0 spiro atoms. The molecule has 0 bridgehead atoms. The van der Waals surface area contributed by atoms with Gasteiger partial charge in [0.15, 0.2) is 0 Å². The van der Waals surface area contributed by atoms with Gasteiger partial charge in [-0.1, -0.05) is 25.7 Å². The summed E-state index contributed by atoms with van der Waals surface area (Å²) in [6, 6.07) is 0. The summed E-state index contributed by atoms with van der Waals surface area (Å²) >= 11 is 0. The van der Waals surface area contributed by atoms with E-state index in [0.717, 1.165) is 11.8 Å². The van der Waals surface area contributed by atoms with Crippen molar-refractivity contribution in [1.82, 2.24) is 5.32 Å². The summed E-state index contributed by atoms with van der Waals surface area (Å²) in [5.74, 6) is 2.16. The Kier molecular flexibility index (Phi) is 2.47. The average molecular weight is 153 g/mol. The smallest absolute Gasteiger partial charge is 0.00462 e. The van der Waals surface area contributed by atoms with Crippen LogP contribution in [0.1, 0.15) is 38.5 Å². The number of fused-ring (bicyclic) bond motifs is 1. The van der Waals surface area contributed by atoms with Crippen LogP contribution in [-0.2, 0) is 0 Å². The van der Waals surface area contributed by atoms with Crippen LogP contribution >= 0.6 is 0 Å². The topological polar surface area (TPSA) is 12.0 Å². The Bertz CT molecular complexity index is 108. The summed E-state index contributed by atoms with van der Waals surface area (Å²) in [6.45, 7) is 2.56. The Morgan fingerprint density at radius 3 is 1.82 bits per heavy atom. The molecule has 1 N–H and O–H groups in total. The van der Waals surface area contributed by atoms with Gasteiger partial charge in [0.05, 0.1) is 0 Å². The highest BCUT2D eigenvalue weighted by atomic mass is 14.9. The van der Waals surface area contributed by atoms with Crippen molar-refractivity contribution >= 4 is 0 Å². The molecule has 2 atom stereocenters. The lowest BCUT2D eigenvalue weighted by molar-refractivity contribution is 0.230. The Labute approximate surface area is 69.6 Å². The molecule has 2 unspecified atom stereocenters. The van der Waals surface area contributed by atoms with Gasteiger partial charge < -0.3 is 5.32 Å². The number of nitrogens with one attached hydrogen (secondary N) is 1. The van der Waals surface area contributed by atoms with E-state index in [9.17, 15) is 0 Å². The Hall–Kier alpha value is -0.0400. The lowest BCUT2D eigenvalue weighted by Crippen LogP contribution is -2.18. The first-order valence-corrected chi connectivity index (χ1v) is 5.17. The summed E-state index contributed by atoms with van der Waals surface area (Å²) in [5.41, 5.74) is 0. The van der Waals surface area contributed by atoms with E-state index < -0.39 is 0 Å². The molecule has 11 heavy (non-hydrogen) atoms. The van der Waals surface area contributed by atoms with Crippen molar-refractivity contribution < 1.29 is 0 Å². The van der Waals surface area contributed by atoms with Gasteiger partial charge in [-0.3, -0.25) is 0 Å². The van der Waals surface area contributed by atoms with Crippen LogP contribution in [0, 0.1) is 11.8 Å². The molecule has 1 aliphatic carbocycles. The number of hydrogen-bond acceptors (Lipinski definition) is 1. The van der Waals surface area contributed by atoms with E-state index >= 15 is 0 Å². The second-order valence-electron chi connectivity index (χ2n) is 4.13. The van der Waals surface area contributed by atoms with E-state index in [1.165, 1.54) is 51.6 Å². The minimum absolute atomic E-state index is 1.08. The SMILES string of the molecule is C1CCC2CCNCCC2C1. The van der Waals surface area contributed by atoms with E-state index in [2.05, 4.69) is 5.32 Å². The molecule has 1 heteroatoms. The van der Waals surface area contributed by atoms with Crippen molar-refractivity contribution in [2.24, 2.45) is 11.8 Å². The number of hydrogen-bond donors (Lipinski definition) is 1. The first-order chi connectivity index (χ1) is 5.47. The summed E-state index contributed by atoms with van der Waals surface area (Å²) in [5, 5.41) is 3.50. The van der Waals surface area contributed by atoms with Gasteiger partial charge in [-0.25, -0.2) is 0 Å². The van der Waals surface area contributed by atoms with Crippen LogP contribution in [0.25, 0.3) is 0 Å². The molecule has 2 rings (SSSR count). The molecule has 2 aliphatic rings. The monoisotopic (exact) mass is 153 g/mol. The lowest BCUT2D eigenvalue weighted by atomic mass is 9.77. The molecule has 1 heterocycles. The predicted molar refractivity (Wildman–Crippen MR) is 47.6 cm³/mol. The van der Waals surface area contributed by atoms with E-state index in [0.29, 0.717) is 0 Å². The minimum Gasteiger partial charge on any atom is -0.317 e. The summed E-state index contributed by atoms with van der Waals surface area (Å²) < 4.78 is 0. The highest BCUT2D eigenvalue weighted by Gasteiger charge is 2.25.